The number of carboxylic acids is 1. The van der Waals surface area contributed by atoms with Crippen molar-refractivity contribution in [2.75, 3.05) is 26.9 Å². The standard InChI is InChI=1S/C22H29BrN2O4/c1-28-12-11-19-21(18-5-3-2-4-6-18)22(23)25(24-19)13-16-7-9-17(10-8-16)14-29-15-20(26)27/h2-6,16-17H,7-15H2,1H3,(H,26,27). The Balaban J connectivity index is 1.64. The molecule has 0 saturated heterocycles. The number of benzene rings is 1. The lowest BCUT2D eigenvalue weighted by Crippen LogP contribution is -2.23. The van der Waals surface area contributed by atoms with Gasteiger partial charge in [-0.25, -0.2) is 4.79 Å². The molecule has 1 fully saturated rings. The average molecular weight is 465 g/mol. The molecule has 158 valence electrons. The van der Waals surface area contributed by atoms with Gasteiger partial charge in [0, 0.05) is 25.6 Å². The molecule has 1 aromatic heterocycles. The number of carboxylic acid groups (broad SMARTS) is 1. The first kappa shape index (κ1) is 22.0. The first-order valence-corrected chi connectivity index (χ1v) is 11.0. The van der Waals surface area contributed by atoms with Crippen LogP contribution in [0.25, 0.3) is 11.1 Å². The monoisotopic (exact) mass is 464 g/mol. The van der Waals surface area contributed by atoms with Crippen LogP contribution in [0.5, 0.6) is 0 Å². The molecule has 1 saturated carbocycles. The molecule has 1 aliphatic rings. The number of rotatable bonds is 10. The van der Waals surface area contributed by atoms with Gasteiger partial charge in [-0.3, -0.25) is 4.68 Å². The van der Waals surface area contributed by atoms with Crippen LogP contribution in [-0.2, 0) is 27.2 Å². The molecule has 29 heavy (non-hydrogen) atoms. The van der Waals surface area contributed by atoms with E-state index in [1.165, 1.54) is 0 Å². The molecule has 1 aliphatic carbocycles. The van der Waals surface area contributed by atoms with E-state index in [2.05, 4.69) is 32.7 Å². The molecule has 0 radical (unpaired) electrons. The van der Waals surface area contributed by atoms with Gasteiger partial charge in [-0.15, -0.1) is 0 Å². The lowest BCUT2D eigenvalue weighted by atomic mass is 9.82. The molecule has 3 rings (SSSR count). The van der Waals surface area contributed by atoms with E-state index in [1.807, 2.05) is 18.2 Å². The fourth-order valence-corrected chi connectivity index (χ4v) is 4.69. The van der Waals surface area contributed by atoms with Gasteiger partial charge < -0.3 is 14.6 Å². The fourth-order valence-electron chi connectivity index (χ4n) is 4.01. The summed E-state index contributed by atoms with van der Waals surface area (Å²) in [5, 5.41) is 13.6. The van der Waals surface area contributed by atoms with E-state index in [1.54, 1.807) is 7.11 Å². The zero-order valence-electron chi connectivity index (χ0n) is 16.8. The third kappa shape index (κ3) is 6.14. The first-order valence-electron chi connectivity index (χ1n) is 10.2. The second-order valence-electron chi connectivity index (χ2n) is 7.70. The lowest BCUT2D eigenvalue weighted by Gasteiger charge is -2.28. The van der Waals surface area contributed by atoms with Gasteiger partial charge in [0.2, 0.25) is 0 Å². The van der Waals surface area contributed by atoms with Crippen molar-refractivity contribution in [1.82, 2.24) is 9.78 Å². The minimum absolute atomic E-state index is 0.202. The Kier molecular flexibility index (Phi) is 8.27. The topological polar surface area (TPSA) is 73.6 Å². The van der Waals surface area contributed by atoms with Gasteiger partial charge >= 0.3 is 5.97 Å². The van der Waals surface area contributed by atoms with Crippen LogP contribution in [-0.4, -0.2) is 47.8 Å². The predicted octanol–water partition coefficient (Wildman–Crippen LogP) is 4.41. The highest BCUT2D eigenvalue weighted by atomic mass is 79.9. The number of aliphatic carboxylic acids is 1. The Bertz CT molecular complexity index is 786. The van der Waals surface area contributed by atoms with Crippen LogP contribution in [0.3, 0.4) is 0 Å². The number of nitrogens with zero attached hydrogens (tertiary/aromatic N) is 2. The average Bonchev–Trinajstić information content (AvgIpc) is 3.03. The molecule has 0 amide bonds. The number of ether oxygens (including phenoxy) is 2. The Hall–Kier alpha value is -1.70. The van der Waals surface area contributed by atoms with Gasteiger partial charge in [-0.05, 0) is 59.0 Å². The fraction of sp³-hybridized carbons (Fsp3) is 0.545. The summed E-state index contributed by atoms with van der Waals surface area (Å²) in [6.45, 7) is 1.87. The van der Waals surface area contributed by atoms with Crippen LogP contribution in [0.1, 0.15) is 31.4 Å². The number of carbonyl (C=O) groups is 1. The third-order valence-electron chi connectivity index (χ3n) is 5.54. The molecule has 6 nitrogen and oxygen atoms in total. The Morgan fingerprint density at radius 1 is 1.21 bits per heavy atom. The van der Waals surface area contributed by atoms with E-state index in [9.17, 15) is 4.79 Å². The van der Waals surface area contributed by atoms with E-state index in [0.29, 0.717) is 25.0 Å². The maximum Gasteiger partial charge on any atom is 0.329 e. The Labute approximate surface area is 180 Å². The van der Waals surface area contributed by atoms with Gasteiger partial charge in [-0.1, -0.05) is 30.3 Å². The molecule has 0 unspecified atom stereocenters. The molecule has 1 N–H and O–H groups in total. The van der Waals surface area contributed by atoms with Crippen LogP contribution in [0.15, 0.2) is 34.9 Å². The summed E-state index contributed by atoms with van der Waals surface area (Å²) < 4.78 is 13.7. The number of halogens is 1. The third-order valence-corrected chi connectivity index (χ3v) is 6.35. The summed E-state index contributed by atoms with van der Waals surface area (Å²) in [4.78, 5) is 10.6. The highest BCUT2D eigenvalue weighted by Crippen LogP contribution is 2.35. The van der Waals surface area contributed by atoms with Gasteiger partial charge in [0.25, 0.3) is 0 Å². The maximum atomic E-state index is 10.6. The number of hydrogen-bond acceptors (Lipinski definition) is 4. The molecule has 0 aliphatic heterocycles. The van der Waals surface area contributed by atoms with Crippen LogP contribution in [0, 0.1) is 11.8 Å². The van der Waals surface area contributed by atoms with Crippen molar-refractivity contribution in [3.63, 3.8) is 0 Å². The van der Waals surface area contributed by atoms with Crippen molar-refractivity contribution in [3.8, 4) is 11.1 Å². The predicted molar refractivity (Wildman–Crippen MR) is 115 cm³/mol. The molecule has 2 aromatic rings. The maximum absolute atomic E-state index is 10.6. The molecular weight excluding hydrogens is 436 g/mol. The summed E-state index contributed by atoms with van der Waals surface area (Å²) in [7, 11) is 1.72. The smallest absolute Gasteiger partial charge is 0.329 e. The zero-order valence-corrected chi connectivity index (χ0v) is 18.4. The summed E-state index contributed by atoms with van der Waals surface area (Å²) in [5.74, 6) is 0.130. The molecule has 1 aromatic carbocycles. The van der Waals surface area contributed by atoms with Crippen molar-refractivity contribution in [1.29, 1.82) is 0 Å². The second kappa shape index (κ2) is 10.9. The summed E-state index contributed by atoms with van der Waals surface area (Å²) in [5.41, 5.74) is 3.37. The molecule has 7 heteroatoms. The highest BCUT2D eigenvalue weighted by Gasteiger charge is 2.24. The van der Waals surface area contributed by atoms with Gasteiger partial charge in [0.1, 0.15) is 11.2 Å². The summed E-state index contributed by atoms with van der Waals surface area (Å²) >= 11 is 3.80. The van der Waals surface area contributed by atoms with Crippen LogP contribution in [0.4, 0.5) is 0 Å². The van der Waals surface area contributed by atoms with E-state index >= 15 is 0 Å². The number of methoxy groups -OCH3 is 1. The van der Waals surface area contributed by atoms with E-state index < -0.39 is 5.97 Å². The van der Waals surface area contributed by atoms with Gasteiger partial charge in [0.05, 0.1) is 18.9 Å². The highest BCUT2D eigenvalue weighted by molar-refractivity contribution is 9.10. The Morgan fingerprint density at radius 2 is 1.90 bits per heavy atom. The van der Waals surface area contributed by atoms with Crippen molar-refractivity contribution >= 4 is 21.9 Å². The van der Waals surface area contributed by atoms with Crippen LogP contribution in [0.2, 0.25) is 0 Å². The van der Waals surface area contributed by atoms with Gasteiger partial charge in [-0.2, -0.15) is 5.10 Å². The van der Waals surface area contributed by atoms with Crippen molar-refractivity contribution in [2.24, 2.45) is 11.8 Å². The SMILES string of the molecule is COCCc1nn(CC2CCC(COCC(=O)O)CC2)c(Br)c1-c1ccccc1. The van der Waals surface area contributed by atoms with Crippen molar-refractivity contribution in [2.45, 2.75) is 38.6 Å². The van der Waals surface area contributed by atoms with E-state index in [4.69, 9.17) is 19.7 Å². The van der Waals surface area contributed by atoms with E-state index in [0.717, 1.165) is 60.1 Å². The summed E-state index contributed by atoms with van der Waals surface area (Å²) in [6.07, 6.45) is 5.15. The molecule has 1 heterocycles. The zero-order chi connectivity index (χ0) is 20.6. The molecule has 0 bridgehead atoms. The molecule has 0 spiro atoms. The minimum atomic E-state index is -0.902. The van der Waals surface area contributed by atoms with Crippen molar-refractivity contribution in [3.05, 3.63) is 40.6 Å². The molecule has 0 atom stereocenters. The van der Waals surface area contributed by atoms with Crippen LogP contribution < -0.4 is 0 Å². The first-order chi connectivity index (χ1) is 14.1. The van der Waals surface area contributed by atoms with Gasteiger partial charge in [0.15, 0.2) is 0 Å². The quantitative estimate of drug-likeness (QED) is 0.563. The lowest BCUT2D eigenvalue weighted by molar-refractivity contribution is -0.142. The number of hydrogen-bond donors (Lipinski definition) is 1. The Morgan fingerprint density at radius 3 is 2.55 bits per heavy atom. The number of aromatic nitrogens is 2. The normalized spacial score (nSPS) is 19.4. The minimum Gasteiger partial charge on any atom is -0.480 e. The van der Waals surface area contributed by atoms with Crippen LogP contribution >= 0.6 is 15.9 Å². The van der Waals surface area contributed by atoms with E-state index in [-0.39, 0.29) is 6.61 Å². The summed E-state index contributed by atoms with van der Waals surface area (Å²) in [6, 6.07) is 10.4. The van der Waals surface area contributed by atoms with Crippen molar-refractivity contribution < 1.29 is 19.4 Å². The second-order valence-corrected chi connectivity index (χ2v) is 8.45. The largest absolute Gasteiger partial charge is 0.480 e. The molecular formula is C22H29BrN2O4.